The molecule has 3 rings (SSSR count). The summed E-state index contributed by atoms with van der Waals surface area (Å²) in [5.41, 5.74) is 3.84. The number of rotatable bonds is 4. The highest BCUT2D eigenvalue weighted by Gasteiger charge is 2.30. The van der Waals surface area contributed by atoms with Gasteiger partial charge in [0.2, 0.25) is 10.0 Å². The zero-order valence-corrected chi connectivity index (χ0v) is 15.0. The number of carbonyl (C=O) groups excluding carboxylic acids is 1. The smallest absolute Gasteiger partial charge is 0.273 e. The van der Waals surface area contributed by atoms with Gasteiger partial charge in [-0.2, -0.15) is 4.31 Å². The molecule has 0 bridgehead atoms. The third-order valence-electron chi connectivity index (χ3n) is 4.17. The average molecular weight is 365 g/mol. The van der Waals surface area contributed by atoms with Crippen molar-refractivity contribution in [3.63, 3.8) is 0 Å². The van der Waals surface area contributed by atoms with Gasteiger partial charge in [0, 0.05) is 31.6 Å². The largest absolute Gasteiger partial charge is 0.335 e. The molecule has 1 amide bonds. The highest BCUT2D eigenvalue weighted by molar-refractivity contribution is 7.88. The van der Waals surface area contributed by atoms with Gasteiger partial charge < -0.3 is 4.90 Å². The molecule has 0 spiro atoms. The molecule has 1 aromatic heterocycles. The van der Waals surface area contributed by atoms with Crippen molar-refractivity contribution in [1.82, 2.24) is 14.2 Å². The van der Waals surface area contributed by atoms with Gasteiger partial charge in [0.25, 0.3) is 5.91 Å². The van der Waals surface area contributed by atoms with Crippen molar-refractivity contribution >= 4 is 27.3 Å². The van der Waals surface area contributed by atoms with Crippen molar-refractivity contribution in [2.24, 2.45) is 0 Å². The van der Waals surface area contributed by atoms with Crippen LogP contribution in [-0.2, 0) is 15.8 Å². The minimum absolute atomic E-state index is 0.000292. The number of hydrogen-bond donors (Lipinski definition) is 0. The molecule has 8 heteroatoms. The second kappa shape index (κ2) is 7.00. The van der Waals surface area contributed by atoms with Crippen LogP contribution in [-0.4, -0.2) is 54.7 Å². The highest BCUT2D eigenvalue weighted by atomic mass is 32.2. The molecule has 128 valence electrons. The lowest BCUT2D eigenvalue weighted by Gasteiger charge is -2.33. The second-order valence-corrected chi connectivity index (χ2v) is 8.44. The SMILES string of the molecule is Cc1ccccc1CS(=O)(=O)N1CCN(C(=O)c2cscn2)CC1. The Bertz CT molecular complexity index is 811. The molecule has 0 unspecified atom stereocenters. The van der Waals surface area contributed by atoms with Gasteiger partial charge in [-0.15, -0.1) is 11.3 Å². The number of thiazole rings is 1. The number of amides is 1. The standard InChI is InChI=1S/C16H19N3O3S2/c1-13-4-2-3-5-14(13)11-24(21,22)19-8-6-18(7-9-19)16(20)15-10-23-12-17-15/h2-5,10,12H,6-9,11H2,1H3. The summed E-state index contributed by atoms with van der Waals surface area (Å²) in [6.07, 6.45) is 0. The highest BCUT2D eigenvalue weighted by Crippen LogP contribution is 2.17. The zero-order valence-electron chi connectivity index (χ0n) is 13.4. The number of piperazine rings is 1. The molecule has 6 nitrogen and oxygen atoms in total. The van der Waals surface area contributed by atoms with Crippen molar-refractivity contribution in [3.8, 4) is 0 Å². The Balaban J connectivity index is 1.63. The van der Waals surface area contributed by atoms with E-state index in [0.717, 1.165) is 11.1 Å². The average Bonchev–Trinajstić information content (AvgIpc) is 3.11. The fraction of sp³-hybridized carbons (Fsp3) is 0.375. The van der Waals surface area contributed by atoms with E-state index in [2.05, 4.69) is 4.98 Å². The van der Waals surface area contributed by atoms with Gasteiger partial charge in [-0.25, -0.2) is 13.4 Å². The van der Waals surface area contributed by atoms with Crippen LogP contribution in [0.25, 0.3) is 0 Å². The van der Waals surface area contributed by atoms with Crippen LogP contribution < -0.4 is 0 Å². The Morgan fingerprint density at radius 1 is 1.21 bits per heavy atom. The van der Waals surface area contributed by atoms with Crippen molar-refractivity contribution in [2.45, 2.75) is 12.7 Å². The summed E-state index contributed by atoms with van der Waals surface area (Å²) in [7, 11) is -3.38. The van der Waals surface area contributed by atoms with E-state index >= 15 is 0 Å². The minimum atomic E-state index is -3.38. The quantitative estimate of drug-likeness (QED) is 0.827. The van der Waals surface area contributed by atoms with Crippen molar-refractivity contribution in [3.05, 3.63) is 52.0 Å². The molecule has 1 aliphatic heterocycles. The summed E-state index contributed by atoms with van der Waals surface area (Å²) in [5, 5.41) is 1.71. The number of aromatic nitrogens is 1. The van der Waals surface area contributed by atoms with E-state index in [4.69, 9.17) is 0 Å². The van der Waals surface area contributed by atoms with Crippen LogP contribution in [0.3, 0.4) is 0 Å². The molecule has 0 radical (unpaired) electrons. The molecule has 0 atom stereocenters. The summed E-state index contributed by atoms with van der Waals surface area (Å²) < 4.78 is 26.7. The Labute approximate surface area is 145 Å². The van der Waals surface area contributed by atoms with Crippen molar-refractivity contribution in [1.29, 1.82) is 0 Å². The summed E-state index contributed by atoms with van der Waals surface area (Å²) in [6.45, 7) is 3.34. The number of sulfonamides is 1. The maximum absolute atomic E-state index is 12.6. The maximum atomic E-state index is 12.6. The van der Waals surface area contributed by atoms with Gasteiger partial charge in [0.15, 0.2) is 0 Å². The summed E-state index contributed by atoms with van der Waals surface area (Å²) >= 11 is 1.37. The first-order valence-electron chi connectivity index (χ1n) is 7.67. The Kier molecular flexibility index (Phi) is 4.98. The first-order chi connectivity index (χ1) is 11.5. The summed E-state index contributed by atoms with van der Waals surface area (Å²) in [5.74, 6) is -0.133. The molecular formula is C16H19N3O3S2. The molecule has 1 fully saturated rings. The zero-order chi connectivity index (χ0) is 17.2. The monoisotopic (exact) mass is 365 g/mol. The third-order valence-corrected chi connectivity index (χ3v) is 6.58. The molecule has 1 aliphatic rings. The van der Waals surface area contributed by atoms with Crippen LogP contribution in [0.4, 0.5) is 0 Å². The predicted molar refractivity (Wildman–Crippen MR) is 93.4 cm³/mol. The second-order valence-electron chi connectivity index (χ2n) is 5.75. The van der Waals surface area contributed by atoms with E-state index in [1.807, 2.05) is 31.2 Å². The van der Waals surface area contributed by atoms with Gasteiger partial charge in [-0.1, -0.05) is 24.3 Å². The fourth-order valence-corrected chi connectivity index (χ4v) is 4.85. The molecule has 2 aromatic rings. The number of carbonyl (C=O) groups is 1. The van der Waals surface area contributed by atoms with Crippen molar-refractivity contribution in [2.75, 3.05) is 26.2 Å². The van der Waals surface area contributed by atoms with Crippen LogP contribution in [0.5, 0.6) is 0 Å². The van der Waals surface area contributed by atoms with Crippen LogP contribution in [0.1, 0.15) is 21.6 Å². The van der Waals surface area contributed by atoms with Crippen LogP contribution in [0.2, 0.25) is 0 Å². The van der Waals surface area contributed by atoms with Crippen LogP contribution in [0, 0.1) is 6.92 Å². The number of aryl methyl sites for hydroxylation is 1. The van der Waals surface area contributed by atoms with Gasteiger partial charge in [-0.05, 0) is 18.1 Å². The number of nitrogens with zero attached hydrogens (tertiary/aromatic N) is 3. The lowest BCUT2D eigenvalue weighted by molar-refractivity contribution is 0.0692. The van der Waals surface area contributed by atoms with E-state index < -0.39 is 10.0 Å². The Morgan fingerprint density at radius 2 is 1.92 bits per heavy atom. The lowest BCUT2D eigenvalue weighted by atomic mass is 10.1. The lowest BCUT2D eigenvalue weighted by Crippen LogP contribution is -2.50. The number of benzene rings is 1. The first kappa shape index (κ1) is 17.1. The normalized spacial score (nSPS) is 16.3. The van der Waals surface area contributed by atoms with Gasteiger partial charge in [-0.3, -0.25) is 4.79 Å². The molecular weight excluding hydrogens is 346 g/mol. The van der Waals surface area contributed by atoms with E-state index in [0.29, 0.717) is 31.9 Å². The first-order valence-corrected chi connectivity index (χ1v) is 10.2. The Morgan fingerprint density at radius 3 is 2.54 bits per heavy atom. The minimum Gasteiger partial charge on any atom is -0.335 e. The summed E-state index contributed by atoms with van der Waals surface area (Å²) in [6, 6.07) is 7.50. The molecule has 0 N–H and O–H groups in total. The molecule has 1 aromatic carbocycles. The number of hydrogen-bond acceptors (Lipinski definition) is 5. The topological polar surface area (TPSA) is 70.6 Å². The molecule has 24 heavy (non-hydrogen) atoms. The van der Waals surface area contributed by atoms with Gasteiger partial charge >= 0.3 is 0 Å². The third kappa shape index (κ3) is 3.66. The van der Waals surface area contributed by atoms with E-state index in [1.165, 1.54) is 15.6 Å². The predicted octanol–water partition coefficient (Wildman–Crippen LogP) is 1.74. The molecule has 1 saturated heterocycles. The van der Waals surface area contributed by atoms with E-state index in [-0.39, 0.29) is 11.7 Å². The van der Waals surface area contributed by atoms with E-state index in [1.54, 1.807) is 15.8 Å². The fourth-order valence-electron chi connectivity index (χ4n) is 2.71. The van der Waals surface area contributed by atoms with Gasteiger partial charge in [0.1, 0.15) is 5.69 Å². The van der Waals surface area contributed by atoms with Gasteiger partial charge in [0.05, 0.1) is 11.3 Å². The Hall–Kier alpha value is -1.77. The maximum Gasteiger partial charge on any atom is 0.273 e. The van der Waals surface area contributed by atoms with E-state index in [9.17, 15) is 13.2 Å². The van der Waals surface area contributed by atoms with Crippen LogP contribution >= 0.6 is 11.3 Å². The molecule has 2 heterocycles. The van der Waals surface area contributed by atoms with Crippen molar-refractivity contribution < 1.29 is 13.2 Å². The van der Waals surface area contributed by atoms with Crippen LogP contribution in [0.15, 0.2) is 35.2 Å². The summed E-state index contributed by atoms with van der Waals surface area (Å²) in [4.78, 5) is 17.9. The molecule has 0 aliphatic carbocycles. The molecule has 0 saturated carbocycles.